The second-order valence-electron chi connectivity index (χ2n) is 17.5. The number of benzene rings is 4. The Hall–Kier alpha value is -5.68. The molecule has 0 radical (unpaired) electrons. The van der Waals surface area contributed by atoms with Gasteiger partial charge in [-0.1, -0.05) is 58.5 Å². The minimum absolute atomic E-state index is 0.0364. The number of ether oxygens (including phenoxy) is 3. The van der Waals surface area contributed by atoms with Crippen LogP contribution >= 0.6 is 46.4 Å². The average Bonchev–Trinajstić information content (AvgIpc) is 4.22. The number of carbonyl (C=O) groups is 3. The standard InChI is InChI=1S/C25H26Cl2FN3O3.C15H17ClN4O.C9H8ClFO2.C2HF3O2/c26-18-3-8-23-17(13-18)2-7-24(29-23)25(33)30-31-11-9-16(10-12-31)1-4-19(32)15-34-20-5-6-21(27)22(28)14-20;16-11-2-4-13-10(9-11)1-3-14(18-13)15(21)19-20-7-5-12(17)6-8-20;10-8-2-1-6(3-9(8)11)12-4-7-5-13-7;3-2(4,5)1(6)7/h2-3,5-8,13-14,16,19,32H,1,4,9-12,15H2,(H,30,33);1-4,9,12H,5-8,17H2,(H,19,21);1-3,7H,4-5H2;(H,6,7). The number of alkyl halides is 3. The summed E-state index contributed by atoms with van der Waals surface area (Å²) < 4.78 is 73.7. The van der Waals surface area contributed by atoms with E-state index in [9.17, 15) is 36.6 Å². The van der Waals surface area contributed by atoms with Crippen molar-refractivity contribution in [3.63, 3.8) is 0 Å². The van der Waals surface area contributed by atoms with E-state index in [1.807, 2.05) is 40.3 Å². The summed E-state index contributed by atoms with van der Waals surface area (Å²) in [5.74, 6) is -2.91. The molecule has 0 bridgehead atoms. The smallest absolute Gasteiger partial charge is 0.490 e. The van der Waals surface area contributed by atoms with Crippen LogP contribution in [0.25, 0.3) is 21.8 Å². The van der Waals surface area contributed by atoms with E-state index >= 15 is 0 Å². The molecule has 3 aliphatic heterocycles. The zero-order valence-corrected chi connectivity index (χ0v) is 42.9. The molecule has 5 heterocycles. The molecule has 0 aliphatic carbocycles. The van der Waals surface area contributed by atoms with Crippen LogP contribution in [-0.2, 0) is 9.53 Å². The lowest BCUT2D eigenvalue weighted by Crippen LogP contribution is -2.49. The summed E-state index contributed by atoms with van der Waals surface area (Å²) in [6.45, 7) is 4.32. The van der Waals surface area contributed by atoms with E-state index in [-0.39, 0.29) is 40.6 Å². The van der Waals surface area contributed by atoms with Gasteiger partial charge in [-0.15, -0.1) is 0 Å². The number of carboxylic acids is 1. The number of pyridine rings is 2. The highest BCUT2D eigenvalue weighted by atomic mass is 35.5. The maximum Gasteiger partial charge on any atom is 0.490 e. The number of piperidine rings is 2. The first-order valence-corrected chi connectivity index (χ1v) is 25.0. The Labute approximate surface area is 447 Å². The van der Waals surface area contributed by atoms with Crippen LogP contribution in [0.1, 0.15) is 59.5 Å². The van der Waals surface area contributed by atoms with Crippen LogP contribution in [0, 0.1) is 17.6 Å². The van der Waals surface area contributed by atoms with Crippen molar-refractivity contribution < 1.29 is 60.8 Å². The highest BCUT2D eigenvalue weighted by Gasteiger charge is 2.38. The molecule has 9 rings (SSSR count). The summed E-state index contributed by atoms with van der Waals surface area (Å²) in [5, 5.41) is 24.4. The number of aliphatic carboxylic acids is 1. The Bertz CT molecular complexity index is 2890. The van der Waals surface area contributed by atoms with Crippen LogP contribution in [0.15, 0.2) is 97.1 Å². The summed E-state index contributed by atoms with van der Waals surface area (Å²) in [6, 6.07) is 26.7. The van der Waals surface area contributed by atoms with Crippen LogP contribution < -0.4 is 26.1 Å². The number of fused-ring (bicyclic) bond motifs is 2. The molecule has 4 aromatic carbocycles. The second kappa shape index (κ2) is 27.9. The van der Waals surface area contributed by atoms with Gasteiger partial charge in [-0.2, -0.15) is 13.2 Å². The van der Waals surface area contributed by atoms with Gasteiger partial charge < -0.3 is 30.2 Å². The van der Waals surface area contributed by atoms with Crippen LogP contribution in [-0.4, -0.2) is 118 Å². The molecule has 6 N–H and O–H groups in total. The molecule has 2 aromatic heterocycles. The Morgan fingerprint density at radius 2 is 1.16 bits per heavy atom. The number of aliphatic hydroxyl groups is 1. The van der Waals surface area contributed by atoms with E-state index < -0.39 is 29.9 Å². The van der Waals surface area contributed by atoms with Gasteiger partial charge in [0.2, 0.25) is 0 Å². The van der Waals surface area contributed by atoms with Crippen molar-refractivity contribution in [2.45, 2.75) is 63.0 Å². The van der Waals surface area contributed by atoms with Crippen molar-refractivity contribution in [1.29, 1.82) is 0 Å². The first-order chi connectivity index (χ1) is 35.7. The van der Waals surface area contributed by atoms with Gasteiger partial charge in [-0.05, 0) is 117 Å². The fourth-order valence-electron chi connectivity index (χ4n) is 7.38. The Balaban J connectivity index is 0.000000188. The molecule has 3 aliphatic rings. The first kappa shape index (κ1) is 58.6. The minimum Gasteiger partial charge on any atom is -0.491 e. The number of carboxylic acid groups (broad SMARTS) is 1. The number of nitrogens with two attached hydrogens (primary N) is 1. The lowest BCUT2D eigenvalue weighted by molar-refractivity contribution is -0.192. The molecular weight excluding hydrogens is 1080 g/mol. The summed E-state index contributed by atoms with van der Waals surface area (Å²) >= 11 is 23.1. The SMILES string of the molecule is Fc1cc(OCC2CO2)ccc1Cl.NC1CCN(NC(=O)c2ccc3cc(Cl)ccc3n2)CC1.O=C(NN1CCC(CCC(O)COc2ccc(Cl)c(F)c2)CC1)c1ccc2cc(Cl)ccc2n1.O=C(O)C(F)(F)F. The maximum atomic E-state index is 13.5. The number of nitrogens with zero attached hydrogens (tertiary/aromatic N) is 4. The third-order valence-electron chi connectivity index (χ3n) is 11.7. The highest BCUT2D eigenvalue weighted by Crippen LogP contribution is 2.26. The molecule has 3 fully saturated rings. The molecule has 75 heavy (non-hydrogen) atoms. The third kappa shape index (κ3) is 19.4. The zero-order chi connectivity index (χ0) is 54.2. The van der Waals surface area contributed by atoms with Gasteiger partial charge in [-0.25, -0.2) is 33.6 Å². The number of nitrogens with one attached hydrogen (secondary N) is 2. The maximum absolute atomic E-state index is 13.5. The largest absolute Gasteiger partial charge is 0.491 e. The van der Waals surface area contributed by atoms with Crippen molar-refractivity contribution in [2.75, 3.05) is 46.0 Å². The number of hydrazine groups is 2. The monoisotopic (exact) mass is 1130 g/mol. The Kier molecular flexibility index (Phi) is 21.8. The van der Waals surface area contributed by atoms with Gasteiger partial charge >= 0.3 is 12.1 Å². The van der Waals surface area contributed by atoms with E-state index in [2.05, 4.69) is 20.8 Å². The zero-order valence-electron chi connectivity index (χ0n) is 39.9. The molecule has 6 aromatic rings. The fourth-order valence-corrected chi connectivity index (χ4v) is 7.98. The molecule has 402 valence electrons. The molecule has 2 unspecified atom stereocenters. The average molecular weight is 1130 g/mol. The predicted octanol–water partition coefficient (Wildman–Crippen LogP) is 10.1. The van der Waals surface area contributed by atoms with Crippen LogP contribution in [0.2, 0.25) is 20.1 Å². The number of aromatic nitrogens is 2. The second-order valence-corrected chi connectivity index (χ2v) is 19.2. The molecule has 0 spiro atoms. The van der Waals surface area contributed by atoms with Gasteiger partial charge in [0.1, 0.15) is 53.8 Å². The Morgan fingerprint density at radius 1 is 0.707 bits per heavy atom. The van der Waals surface area contributed by atoms with Gasteiger partial charge in [0.05, 0.1) is 33.8 Å². The van der Waals surface area contributed by atoms with Crippen LogP contribution in [0.4, 0.5) is 22.0 Å². The summed E-state index contributed by atoms with van der Waals surface area (Å²) in [7, 11) is 0. The van der Waals surface area contributed by atoms with Gasteiger partial charge in [0.25, 0.3) is 11.8 Å². The number of hydrogen-bond acceptors (Lipinski definition) is 12. The summed E-state index contributed by atoms with van der Waals surface area (Å²) in [5.41, 5.74) is 13.9. The highest BCUT2D eigenvalue weighted by molar-refractivity contribution is 6.32. The minimum atomic E-state index is -5.08. The molecule has 0 saturated carbocycles. The quantitative estimate of drug-likeness (QED) is 0.0540. The topological polar surface area (TPSA) is 205 Å². The summed E-state index contributed by atoms with van der Waals surface area (Å²) in [4.78, 5) is 42.6. The van der Waals surface area contributed by atoms with Gasteiger partial charge in [-0.3, -0.25) is 20.4 Å². The van der Waals surface area contributed by atoms with Crippen molar-refractivity contribution in [1.82, 2.24) is 30.8 Å². The van der Waals surface area contributed by atoms with Crippen LogP contribution in [0.3, 0.4) is 0 Å². The number of rotatable bonds is 13. The molecule has 3 saturated heterocycles. The normalized spacial score (nSPS) is 16.5. The molecular formula is C51H52Cl4F5N7O8. The molecule has 2 amide bonds. The van der Waals surface area contributed by atoms with Gasteiger partial charge in [0.15, 0.2) is 0 Å². The molecule has 2 atom stereocenters. The van der Waals surface area contributed by atoms with E-state index in [0.717, 1.165) is 86.7 Å². The number of hydrogen-bond donors (Lipinski definition) is 5. The Morgan fingerprint density at radius 3 is 1.60 bits per heavy atom. The van der Waals surface area contributed by atoms with E-state index in [1.54, 1.807) is 42.5 Å². The van der Waals surface area contributed by atoms with Crippen molar-refractivity contribution in [3.05, 3.63) is 140 Å². The van der Waals surface area contributed by atoms with Crippen molar-refractivity contribution in [3.8, 4) is 11.5 Å². The number of aliphatic hydroxyl groups excluding tert-OH is 1. The van der Waals surface area contributed by atoms with Crippen molar-refractivity contribution >= 4 is 86.0 Å². The van der Waals surface area contributed by atoms with E-state index in [4.69, 9.17) is 76.2 Å². The predicted molar refractivity (Wildman–Crippen MR) is 274 cm³/mol. The number of amides is 2. The molecule has 24 heteroatoms. The van der Waals surface area contributed by atoms with Gasteiger partial charge in [0, 0.05) is 65.2 Å². The van der Waals surface area contributed by atoms with E-state index in [0.29, 0.717) is 51.9 Å². The first-order valence-electron chi connectivity index (χ1n) is 23.4. The molecule has 15 nitrogen and oxygen atoms in total. The number of halogens is 9. The van der Waals surface area contributed by atoms with E-state index in [1.165, 1.54) is 24.3 Å². The number of epoxide rings is 1. The summed E-state index contributed by atoms with van der Waals surface area (Å²) in [6.07, 6.45) is -0.467. The van der Waals surface area contributed by atoms with Crippen molar-refractivity contribution in [2.24, 2.45) is 11.7 Å². The third-order valence-corrected chi connectivity index (χ3v) is 12.7. The fraction of sp³-hybridized carbons (Fsp3) is 0.353. The lowest BCUT2D eigenvalue weighted by atomic mass is 9.92. The number of carbonyl (C=O) groups excluding carboxylic acids is 2. The van der Waals surface area contributed by atoms with Crippen LogP contribution in [0.5, 0.6) is 11.5 Å². The lowest BCUT2D eigenvalue weighted by Gasteiger charge is -2.32.